The molecule has 0 radical (unpaired) electrons. The van der Waals surface area contributed by atoms with Gasteiger partial charge in [0.15, 0.2) is 11.5 Å². The highest BCUT2D eigenvalue weighted by molar-refractivity contribution is 5.53. The molecular formula is C9H14N2O3. The maximum absolute atomic E-state index is 9.44. The second kappa shape index (κ2) is 4.17. The van der Waals surface area contributed by atoms with Gasteiger partial charge in [-0.25, -0.2) is 0 Å². The van der Waals surface area contributed by atoms with Gasteiger partial charge in [-0.3, -0.25) is 0 Å². The fourth-order valence-electron chi connectivity index (χ4n) is 1.22. The molecule has 78 valence electrons. The molecule has 1 rings (SSSR count). The maximum Gasteiger partial charge on any atom is 0.200 e. The molecule has 0 heterocycles. The standard InChI is InChI=1S/C9H14N2O3/c10-4-3-6(11)5-1-2-7(12)9(14)8(5)13/h1-2,6,12-14H,3-4,10-11H2/t6-/m1/s1. The summed E-state index contributed by atoms with van der Waals surface area (Å²) in [7, 11) is 0. The van der Waals surface area contributed by atoms with Crippen molar-refractivity contribution in [1.29, 1.82) is 0 Å². The van der Waals surface area contributed by atoms with Crippen LogP contribution in [0.2, 0.25) is 0 Å². The van der Waals surface area contributed by atoms with Crippen LogP contribution in [0.4, 0.5) is 0 Å². The number of phenolic OH excluding ortho intramolecular Hbond substituents is 3. The number of benzene rings is 1. The zero-order valence-electron chi connectivity index (χ0n) is 7.64. The van der Waals surface area contributed by atoms with Crippen molar-refractivity contribution in [2.24, 2.45) is 11.5 Å². The van der Waals surface area contributed by atoms with Crippen LogP contribution in [0.15, 0.2) is 12.1 Å². The molecule has 1 aromatic carbocycles. The van der Waals surface area contributed by atoms with Crippen LogP contribution in [0.3, 0.4) is 0 Å². The molecule has 7 N–H and O–H groups in total. The topological polar surface area (TPSA) is 113 Å². The Morgan fingerprint density at radius 3 is 2.36 bits per heavy atom. The Hall–Kier alpha value is -1.46. The van der Waals surface area contributed by atoms with Gasteiger partial charge in [0.1, 0.15) is 0 Å². The lowest BCUT2D eigenvalue weighted by molar-refractivity contribution is 0.362. The van der Waals surface area contributed by atoms with Crippen LogP contribution in [0.5, 0.6) is 17.2 Å². The molecule has 0 saturated carbocycles. The van der Waals surface area contributed by atoms with Crippen molar-refractivity contribution in [2.75, 3.05) is 6.54 Å². The Balaban J connectivity index is 3.04. The Labute approximate surface area is 81.6 Å². The predicted molar refractivity (Wildman–Crippen MR) is 52.0 cm³/mol. The van der Waals surface area contributed by atoms with Gasteiger partial charge in [-0.05, 0) is 25.1 Å². The van der Waals surface area contributed by atoms with Crippen LogP contribution < -0.4 is 11.5 Å². The summed E-state index contributed by atoms with van der Waals surface area (Å²) in [6.07, 6.45) is 0.498. The fourth-order valence-corrected chi connectivity index (χ4v) is 1.22. The second-order valence-corrected chi connectivity index (χ2v) is 3.05. The van der Waals surface area contributed by atoms with Gasteiger partial charge in [-0.2, -0.15) is 0 Å². The molecule has 1 aromatic rings. The Morgan fingerprint density at radius 2 is 1.79 bits per heavy atom. The van der Waals surface area contributed by atoms with E-state index in [0.29, 0.717) is 18.5 Å². The highest BCUT2D eigenvalue weighted by atomic mass is 16.3. The lowest BCUT2D eigenvalue weighted by Gasteiger charge is -2.13. The summed E-state index contributed by atoms with van der Waals surface area (Å²) >= 11 is 0. The summed E-state index contributed by atoms with van der Waals surface area (Å²) in [5, 5.41) is 27.7. The van der Waals surface area contributed by atoms with Crippen molar-refractivity contribution in [3.8, 4) is 17.2 Å². The number of phenols is 3. The third-order valence-electron chi connectivity index (χ3n) is 2.04. The number of rotatable bonds is 3. The molecule has 0 aromatic heterocycles. The van der Waals surface area contributed by atoms with E-state index in [-0.39, 0.29) is 11.5 Å². The molecule has 0 saturated heterocycles. The van der Waals surface area contributed by atoms with Crippen molar-refractivity contribution in [3.05, 3.63) is 17.7 Å². The van der Waals surface area contributed by atoms with Gasteiger partial charge in [0.05, 0.1) is 0 Å². The van der Waals surface area contributed by atoms with Crippen LogP contribution >= 0.6 is 0 Å². The molecule has 0 bridgehead atoms. The third kappa shape index (κ3) is 1.89. The molecule has 0 aliphatic rings. The van der Waals surface area contributed by atoms with Crippen LogP contribution in [0.25, 0.3) is 0 Å². The molecule has 0 aliphatic carbocycles. The predicted octanol–water partition coefficient (Wildman–Crippen LogP) is 0.152. The van der Waals surface area contributed by atoms with Crippen molar-refractivity contribution in [1.82, 2.24) is 0 Å². The van der Waals surface area contributed by atoms with E-state index in [1.54, 1.807) is 0 Å². The summed E-state index contributed by atoms with van der Waals surface area (Å²) < 4.78 is 0. The van der Waals surface area contributed by atoms with E-state index in [2.05, 4.69) is 0 Å². The molecular weight excluding hydrogens is 184 g/mol. The van der Waals surface area contributed by atoms with Crippen molar-refractivity contribution in [3.63, 3.8) is 0 Å². The minimum atomic E-state index is -0.546. The van der Waals surface area contributed by atoms with Crippen LogP contribution in [-0.2, 0) is 0 Å². The zero-order valence-corrected chi connectivity index (χ0v) is 7.64. The van der Waals surface area contributed by atoms with E-state index in [1.807, 2.05) is 0 Å². The minimum absolute atomic E-state index is 0.369. The molecule has 0 fully saturated rings. The number of hydrogen-bond acceptors (Lipinski definition) is 5. The highest BCUT2D eigenvalue weighted by Gasteiger charge is 2.15. The van der Waals surface area contributed by atoms with E-state index in [1.165, 1.54) is 12.1 Å². The minimum Gasteiger partial charge on any atom is -0.504 e. The first kappa shape index (κ1) is 10.6. The summed E-state index contributed by atoms with van der Waals surface area (Å²) in [6.45, 7) is 0.391. The molecule has 0 aliphatic heterocycles. The lowest BCUT2D eigenvalue weighted by atomic mass is 10.0. The average molecular weight is 198 g/mol. The third-order valence-corrected chi connectivity index (χ3v) is 2.04. The Kier molecular flexibility index (Phi) is 3.16. The van der Waals surface area contributed by atoms with E-state index in [9.17, 15) is 10.2 Å². The fraction of sp³-hybridized carbons (Fsp3) is 0.333. The van der Waals surface area contributed by atoms with Gasteiger partial charge in [-0.1, -0.05) is 0 Å². The van der Waals surface area contributed by atoms with Gasteiger partial charge in [-0.15, -0.1) is 0 Å². The molecule has 5 nitrogen and oxygen atoms in total. The number of hydrogen-bond donors (Lipinski definition) is 5. The van der Waals surface area contributed by atoms with Gasteiger partial charge in [0.2, 0.25) is 5.75 Å². The summed E-state index contributed by atoms with van der Waals surface area (Å²) in [5.74, 6) is -1.30. The average Bonchev–Trinajstić information content (AvgIpc) is 2.15. The Morgan fingerprint density at radius 1 is 1.14 bits per heavy atom. The van der Waals surface area contributed by atoms with Gasteiger partial charge in [0, 0.05) is 11.6 Å². The van der Waals surface area contributed by atoms with E-state index in [0.717, 1.165) is 0 Å². The Bertz CT molecular complexity index is 328. The zero-order chi connectivity index (χ0) is 10.7. The van der Waals surface area contributed by atoms with Crippen molar-refractivity contribution in [2.45, 2.75) is 12.5 Å². The van der Waals surface area contributed by atoms with Crippen LogP contribution in [-0.4, -0.2) is 21.9 Å². The van der Waals surface area contributed by atoms with Crippen LogP contribution in [0.1, 0.15) is 18.0 Å². The monoisotopic (exact) mass is 198 g/mol. The van der Waals surface area contributed by atoms with Crippen LogP contribution in [0, 0.1) is 0 Å². The molecule has 14 heavy (non-hydrogen) atoms. The summed E-state index contributed by atoms with van der Waals surface area (Å²) in [5.41, 5.74) is 11.4. The van der Waals surface area contributed by atoms with Gasteiger partial charge >= 0.3 is 0 Å². The number of aromatic hydroxyl groups is 3. The first-order valence-electron chi connectivity index (χ1n) is 4.27. The van der Waals surface area contributed by atoms with Crippen molar-refractivity contribution < 1.29 is 15.3 Å². The van der Waals surface area contributed by atoms with Crippen molar-refractivity contribution >= 4 is 0 Å². The summed E-state index contributed by atoms with van der Waals surface area (Å²) in [4.78, 5) is 0. The molecule has 0 spiro atoms. The molecule has 5 heteroatoms. The SMILES string of the molecule is NCC[C@@H](N)c1ccc(O)c(O)c1O. The van der Waals surface area contributed by atoms with Gasteiger partial charge < -0.3 is 26.8 Å². The van der Waals surface area contributed by atoms with Gasteiger partial charge in [0.25, 0.3) is 0 Å². The molecule has 1 atom stereocenters. The largest absolute Gasteiger partial charge is 0.504 e. The molecule has 0 unspecified atom stereocenters. The second-order valence-electron chi connectivity index (χ2n) is 3.05. The maximum atomic E-state index is 9.44. The quantitative estimate of drug-likeness (QED) is 0.444. The smallest absolute Gasteiger partial charge is 0.200 e. The summed E-state index contributed by atoms with van der Waals surface area (Å²) in [6, 6.07) is 2.30. The lowest BCUT2D eigenvalue weighted by Crippen LogP contribution is -2.15. The first-order chi connectivity index (χ1) is 6.57. The first-order valence-corrected chi connectivity index (χ1v) is 4.27. The molecule has 0 amide bonds. The highest BCUT2D eigenvalue weighted by Crippen LogP contribution is 2.39. The van der Waals surface area contributed by atoms with E-state index < -0.39 is 11.8 Å². The normalized spacial score (nSPS) is 12.7. The number of nitrogens with two attached hydrogens (primary N) is 2. The van der Waals surface area contributed by atoms with E-state index >= 15 is 0 Å². The van der Waals surface area contributed by atoms with E-state index in [4.69, 9.17) is 16.6 Å².